The number of benzene rings is 2. The number of aromatic nitrogens is 2. The van der Waals surface area contributed by atoms with Gasteiger partial charge < -0.3 is 14.2 Å². The van der Waals surface area contributed by atoms with E-state index in [1.807, 2.05) is 42.6 Å². The lowest BCUT2D eigenvalue weighted by atomic mass is 10.2. The lowest BCUT2D eigenvalue weighted by Gasteiger charge is -2.35. The largest absolute Gasteiger partial charge is 0.352 e. The van der Waals surface area contributed by atoms with Crippen molar-refractivity contribution in [1.29, 1.82) is 0 Å². The van der Waals surface area contributed by atoms with Crippen molar-refractivity contribution in [2.24, 2.45) is 0 Å². The molecule has 2 aliphatic rings. The van der Waals surface area contributed by atoms with E-state index in [0.29, 0.717) is 26.2 Å². The topological polar surface area (TPSA) is 78.2 Å². The van der Waals surface area contributed by atoms with Gasteiger partial charge in [0.2, 0.25) is 15.9 Å². The Morgan fingerprint density at radius 2 is 1.67 bits per heavy atom. The molecule has 8 nitrogen and oxygen atoms in total. The highest BCUT2D eigenvalue weighted by atomic mass is 32.2. The average molecular weight is 462 g/mol. The molecule has 4 heterocycles. The van der Waals surface area contributed by atoms with E-state index in [4.69, 9.17) is 4.98 Å². The van der Waals surface area contributed by atoms with E-state index in [2.05, 4.69) is 9.30 Å². The third-order valence-corrected chi connectivity index (χ3v) is 8.54. The van der Waals surface area contributed by atoms with E-state index in [9.17, 15) is 13.2 Å². The summed E-state index contributed by atoms with van der Waals surface area (Å²) in [4.78, 5) is 20.8. The van der Waals surface area contributed by atoms with Gasteiger partial charge in [-0.15, -0.1) is 0 Å². The number of para-hydroxylation sites is 2. The van der Waals surface area contributed by atoms with Crippen LogP contribution in [0, 0.1) is 0 Å². The minimum absolute atomic E-state index is 0.0206. The summed E-state index contributed by atoms with van der Waals surface area (Å²) in [6.45, 7) is 1.86. The van der Waals surface area contributed by atoms with Crippen LogP contribution >= 0.6 is 0 Å². The lowest BCUT2D eigenvalue weighted by Crippen LogP contribution is -2.49. The molecule has 0 radical (unpaired) electrons. The van der Waals surface area contributed by atoms with E-state index in [0.717, 1.165) is 33.6 Å². The molecule has 0 saturated carbocycles. The molecular formula is C24H23N5O3S. The molecule has 0 unspecified atom stereocenters. The van der Waals surface area contributed by atoms with Crippen LogP contribution in [0.25, 0.3) is 16.6 Å². The number of hydrogen-bond acceptors (Lipinski definition) is 5. The minimum atomic E-state index is -3.64. The molecule has 1 fully saturated rings. The number of fused-ring (bicyclic) bond motifs is 4. The summed E-state index contributed by atoms with van der Waals surface area (Å²) < 4.78 is 30.3. The van der Waals surface area contributed by atoms with E-state index in [1.54, 1.807) is 30.1 Å². The van der Waals surface area contributed by atoms with E-state index >= 15 is 0 Å². The summed E-state index contributed by atoms with van der Waals surface area (Å²) in [6.07, 6.45) is 2.27. The van der Waals surface area contributed by atoms with E-state index in [1.165, 1.54) is 4.31 Å². The Balaban J connectivity index is 1.27. The number of nitrogens with zero attached hydrogens (tertiary/aromatic N) is 5. The first-order chi connectivity index (χ1) is 15.9. The molecule has 0 aliphatic carbocycles. The number of likely N-dealkylation sites (N-methyl/N-ethyl adjacent to an activating group) is 1. The third-order valence-electron chi connectivity index (χ3n) is 6.65. The fourth-order valence-corrected chi connectivity index (χ4v) is 6.31. The predicted octanol–water partition coefficient (Wildman–Crippen LogP) is 2.52. The van der Waals surface area contributed by atoms with E-state index in [-0.39, 0.29) is 17.2 Å². The van der Waals surface area contributed by atoms with Crippen LogP contribution < -0.4 is 9.80 Å². The molecule has 0 bridgehead atoms. The van der Waals surface area contributed by atoms with Crippen LogP contribution in [0.1, 0.15) is 5.56 Å². The van der Waals surface area contributed by atoms with Gasteiger partial charge in [-0.1, -0.05) is 12.1 Å². The van der Waals surface area contributed by atoms with Gasteiger partial charge in [-0.2, -0.15) is 4.31 Å². The number of piperazine rings is 1. The Morgan fingerprint density at radius 1 is 0.909 bits per heavy atom. The number of carbonyl (C=O) groups excluding carboxylic acids is 1. The summed E-state index contributed by atoms with van der Waals surface area (Å²) in [5.74, 6) is 0.850. The number of anilines is 2. The summed E-state index contributed by atoms with van der Waals surface area (Å²) >= 11 is 0. The van der Waals surface area contributed by atoms with E-state index < -0.39 is 10.0 Å². The zero-order valence-electron chi connectivity index (χ0n) is 18.2. The van der Waals surface area contributed by atoms with Gasteiger partial charge >= 0.3 is 0 Å². The molecule has 1 amide bonds. The van der Waals surface area contributed by atoms with Crippen molar-refractivity contribution < 1.29 is 13.2 Å². The molecule has 6 rings (SSSR count). The van der Waals surface area contributed by atoms with Gasteiger partial charge in [0.1, 0.15) is 0 Å². The molecule has 4 aromatic rings. The van der Waals surface area contributed by atoms with Gasteiger partial charge in [-0.25, -0.2) is 13.4 Å². The van der Waals surface area contributed by atoms with Crippen molar-refractivity contribution in [1.82, 2.24) is 13.7 Å². The first kappa shape index (κ1) is 20.2. The highest BCUT2D eigenvalue weighted by Crippen LogP contribution is 2.32. The van der Waals surface area contributed by atoms with Gasteiger partial charge in [-0.3, -0.25) is 4.79 Å². The molecule has 2 aromatic carbocycles. The van der Waals surface area contributed by atoms with Gasteiger partial charge in [-0.05, 0) is 48.0 Å². The normalized spacial score (nSPS) is 17.3. The van der Waals surface area contributed by atoms with Crippen LogP contribution in [-0.4, -0.2) is 61.2 Å². The number of hydrogen-bond donors (Lipinski definition) is 0. The summed E-state index contributed by atoms with van der Waals surface area (Å²) in [5.41, 5.74) is 4.50. The standard InChI is InChI=1S/C24H23N5O3S/c1-26-20-9-8-18(15-17(20)16-23(26)30)33(31,32)28-13-11-27(12-14-28)24-22-7-4-10-29(22)21-6-3-2-5-19(21)25-24/h2-10,15H,11-14,16H2,1H3. The SMILES string of the molecule is CN1C(=O)Cc2cc(S(=O)(=O)N3CCN(c4nc5ccccc5n5cccc45)CC3)ccc21. The number of carbonyl (C=O) groups is 1. The Labute approximate surface area is 191 Å². The highest BCUT2D eigenvalue weighted by Gasteiger charge is 2.32. The number of sulfonamides is 1. The molecule has 0 N–H and O–H groups in total. The van der Waals surface area contributed by atoms with Crippen molar-refractivity contribution in [3.8, 4) is 0 Å². The van der Waals surface area contributed by atoms with Gasteiger partial charge in [0.05, 0.1) is 27.9 Å². The Bertz CT molecular complexity index is 1520. The highest BCUT2D eigenvalue weighted by molar-refractivity contribution is 7.89. The quantitative estimate of drug-likeness (QED) is 0.469. The summed E-state index contributed by atoms with van der Waals surface area (Å²) in [6, 6.07) is 17.0. The van der Waals surface area contributed by atoms with Crippen LogP contribution in [0.4, 0.5) is 11.5 Å². The minimum Gasteiger partial charge on any atom is -0.352 e. The zero-order valence-corrected chi connectivity index (χ0v) is 19.0. The monoisotopic (exact) mass is 461 g/mol. The Kier molecular flexibility index (Phi) is 4.46. The lowest BCUT2D eigenvalue weighted by molar-refractivity contribution is -0.117. The smallest absolute Gasteiger partial charge is 0.243 e. The van der Waals surface area contributed by atoms with Gasteiger partial charge in [0.15, 0.2) is 5.82 Å². The molecule has 9 heteroatoms. The van der Waals surface area contributed by atoms with Crippen LogP contribution in [0.3, 0.4) is 0 Å². The van der Waals surface area contributed by atoms with Crippen molar-refractivity contribution in [3.63, 3.8) is 0 Å². The molecule has 2 aliphatic heterocycles. The van der Waals surface area contributed by atoms with Crippen molar-refractivity contribution >= 4 is 44.0 Å². The van der Waals surface area contributed by atoms with Crippen LogP contribution in [0.2, 0.25) is 0 Å². The van der Waals surface area contributed by atoms with Crippen molar-refractivity contribution in [2.45, 2.75) is 11.3 Å². The Morgan fingerprint density at radius 3 is 2.48 bits per heavy atom. The maximum atomic E-state index is 13.3. The first-order valence-electron chi connectivity index (χ1n) is 10.9. The zero-order chi connectivity index (χ0) is 22.7. The first-order valence-corrected chi connectivity index (χ1v) is 12.4. The number of rotatable bonds is 3. The second kappa shape index (κ2) is 7.29. The van der Waals surface area contributed by atoms with Gasteiger partial charge in [0.25, 0.3) is 0 Å². The molecule has 0 spiro atoms. The second-order valence-corrected chi connectivity index (χ2v) is 10.4. The van der Waals surface area contributed by atoms with Gasteiger partial charge in [0, 0.05) is 45.1 Å². The number of amides is 1. The van der Waals surface area contributed by atoms with Crippen molar-refractivity contribution in [2.75, 3.05) is 43.0 Å². The summed E-state index contributed by atoms with van der Waals surface area (Å²) in [5, 5.41) is 0. The predicted molar refractivity (Wildman–Crippen MR) is 127 cm³/mol. The maximum Gasteiger partial charge on any atom is 0.243 e. The van der Waals surface area contributed by atoms with Crippen LogP contribution in [0.5, 0.6) is 0 Å². The molecule has 33 heavy (non-hydrogen) atoms. The molecule has 2 aromatic heterocycles. The Hall–Kier alpha value is -3.43. The maximum absolute atomic E-state index is 13.3. The molecule has 0 atom stereocenters. The van der Waals surface area contributed by atoms with Crippen LogP contribution in [-0.2, 0) is 21.2 Å². The molecular weight excluding hydrogens is 438 g/mol. The third kappa shape index (κ3) is 3.11. The fourth-order valence-electron chi connectivity index (χ4n) is 4.84. The molecule has 168 valence electrons. The van der Waals surface area contributed by atoms with Crippen LogP contribution in [0.15, 0.2) is 65.7 Å². The fraction of sp³-hybridized carbons (Fsp3) is 0.250. The second-order valence-electron chi connectivity index (χ2n) is 8.50. The summed E-state index contributed by atoms with van der Waals surface area (Å²) in [7, 11) is -1.93. The molecule has 1 saturated heterocycles. The van der Waals surface area contributed by atoms with Crippen molar-refractivity contribution in [3.05, 3.63) is 66.4 Å². The average Bonchev–Trinajstić information content (AvgIpc) is 3.43.